The van der Waals surface area contributed by atoms with Crippen molar-refractivity contribution >= 4 is 12.1 Å². The maximum Gasteiger partial charge on any atom is 0.411 e. The summed E-state index contributed by atoms with van der Waals surface area (Å²) < 4.78 is 9.45. The molecule has 0 saturated carbocycles. The summed E-state index contributed by atoms with van der Waals surface area (Å²) in [4.78, 5) is 22.7. The smallest absolute Gasteiger partial charge is 0.411 e. The van der Waals surface area contributed by atoms with Crippen molar-refractivity contribution in [2.24, 2.45) is 5.73 Å². The third-order valence-corrected chi connectivity index (χ3v) is 1.70. The summed E-state index contributed by atoms with van der Waals surface area (Å²) >= 11 is 0. The van der Waals surface area contributed by atoms with E-state index in [2.05, 4.69) is 16.6 Å². The zero-order valence-corrected chi connectivity index (χ0v) is 10.3. The number of nitrogens with one attached hydrogen (secondary N) is 1. The van der Waals surface area contributed by atoms with Gasteiger partial charge in [0.2, 0.25) is 0 Å². The number of amides is 1. The highest BCUT2D eigenvalue weighted by molar-refractivity contribution is 5.95. The van der Waals surface area contributed by atoms with Crippen molar-refractivity contribution in [3.63, 3.8) is 0 Å². The SMILES string of the molecule is C=C(NC(=O)OCC)/C(C(=O)OCC)=C(/C)N. The molecule has 6 nitrogen and oxygen atoms in total. The van der Waals surface area contributed by atoms with Gasteiger partial charge in [0.1, 0.15) is 5.57 Å². The number of alkyl carbamates (subject to hydrolysis) is 1. The minimum absolute atomic E-state index is 0.0416. The van der Waals surface area contributed by atoms with Crippen LogP contribution in [-0.4, -0.2) is 25.3 Å². The number of nitrogens with two attached hydrogens (primary N) is 1. The van der Waals surface area contributed by atoms with Gasteiger partial charge < -0.3 is 15.2 Å². The Labute approximate surface area is 100 Å². The van der Waals surface area contributed by atoms with Crippen molar-refractivity contribution in [2.45, 2.75) is 20.8 Å². The molecule has 0 rings (SSSR count). The Balaban J connectivity index is 4.76. The lowest BCUT2D eigenvalue weighted by Crippen LogP contribution is -2.28. The van der Waals surface area contributed by atoms with Gasteiger partial charge in [0, 0.05) is 5.70 Å². The summed E-state index contributed by atoms with van der Waals surface area (Å²) in [5.41, 5.74) is 5.86. The summed E-state index contributed by atoms with van der Waals surface area (Å²) in [5.74, 6) is -0.630. The molecule has 0 spiro atoms. The van der Waals surface area contributed by atoms with Gasteiger partial charge in [0.15, 0.2) is 0 Å². The number of hydrogen-bond donors (Lipinski definition) is 2. The number of hydrogen-bond acceptors (Lipinski definition) is 5. The van der Waals surface area contributed by atoms with Gasteiger partial charge in [0.05, 0.1) is 18.9 Å². The van der Waals surface area contributed by atoms with Crippen LogP contribution >= 0.6 is 0 Å². The number of rotatable bonds is 5. The van der Waals surface area contributed by atoms with Crippen LogP contribution in [0, 0.1) is 0 Å². The minimum atomic E-state index is -0.694. The molecule has 0 fully saturated rings. The Bertz CT molecular complexity index is 343. The molecule has 0 aliphatic rings. The number of carbonyl (C=O) groups excluding carboxylic acids is 2. The summed E-state index contributed by atoms with van der Waals surface area (Å²) in [7, 11) is 0. The summed E-state index contributed by atoms with van der Waals surface area (Å²) in [6, 6.07) is 0. The highest BCUT2D eigenvalue weighted by atomic mass is 16.5. The summed E-state index contributed by atoms with van der Waals surface area (Å²) in [6.45, 7) is 8.84. The van der Waals surface area contributed by atoms with Crippen molar-refractivity contribution in [2.75, 3.05) is 13.2 Å². The van der Waals surface area contributed by atoms with Crippen LogP contribution in [0.2, 0.25) is 0 Å². The molecule has 3 N–H and O–H groups in total. The van der Waals surface area contributed by atoms with Gasteiger partial charge in [-0.3, -0.25) is 5.32 Å². The van der Waals surface area contributed by atoms with Crippen molar-refractivity contribution in [3.05, 3.63) is 23.5 Å². The lowest BCUT2D eigenvalue weighted by molar-refractivity contribution is -0.138. The van der Waals surface area contributed by atoms with Crippen LogP contribution in [0.25, 0.3) is 0 Å². The van der Waals surface area contributed by atoms with Gasteiger partial charge >= 0.3 is 12.1 Å². The molecule has 0 heterocycles. The van der Waals surface area contributed by atoms with Crippen molar-refractivity contribution in [1.29, 1.82) is 0 Å². The first kappa shape index (κ1) is 15.0. The second kappa shape index (κ2) is 7.32. The molecular weight excluding hydrogens is 224 g/mol. The maximum atomic E-state index is 11.6. The quantitative estimate of drug-likeness (QED) is 0.427. The molecule has 0 atom stereocenters. The molecule has 0 radical (unpaired) electrons. The zero-order valence-electron chi connectivity index (χ0n) is 10.3. The van der Waals surface area contributed by atoms with E-state index in [0.717, 1.165) is 0 Å². The third-order valence-electron chi connectivity index (χ3n) is 1.70. The fourth-order valence-corrected chi connectivity index (χ4v) is 1.08. The lowest BCUT2D eigenvalue weighted by atomic mass is 10.1. The van der Waals surface area contributed by atoms with E-state index in [9.17, 15) is 9.59 Å². The summed E-state index contributed by atoms with van der Waals surface area (Å²) in [6.07, 6.45) is -0.694. The van der Waals surface area contributed by atoms with Crippen LogP contribution in [0.1, 0.15) is 20.8 Å². The van der Waals surface area contributed by atoms with Crippen molar-refractivity contribution < 1.29 is 19.1 Å². The van der Waals surface area contributed by atoms with E-state index in [0.29, 0.717) is 0 Å². The number of esters is 1. The van der Waals surface area contributed by atoms with Crippen LogP contribution < -0.4 is 11.1 Å². The Kier molecular flexibility index (Phi) is 6.47. The van der Waals surface area contributed by atoms with Crippen LogP contribution in [0.3, 0.4) is 0 Å². The zero-order chi connectivity index (χ0) is 13.4. The Morgan fingerprint density at radius 3 is 2.18 bits per heavy atom. The molecule has 0 aromatic rings. The second-order valence-electron chi connectivity index (χ2n) is 3.10. The van der Waals surface area contributed by atoms with Crippen LogP contribution in [-0.2, 0) is 14.3 Å². The molecular formula is C11H18N2O4. The molecule has 6 heteroatoms. The average Bonchev–Trinajstić information content (AvgIpc) is 2.17. The standard InChI is InChI=1S/C11H18N2O4/c1-5-16-10(14)9(7(3)12)8(4)13-11(15)17-6-2/h4-6,12H2,1-3H3,(H,13,15)/b9-7+. The van der Waals surface area contributed by atoms with Crippen LogP contribution in [0.15, 0.2) is 23.5 Å². The largest absolute Gasteiger partial charge is 0.462 e. The van der Waals surface area contributed by atoms with Gasteiger partial charge in [0.25, 0.3) is 0 Å². The number of ether oxygens (including phenoxy) is 2. The molecule has 0 aliphatic heterocycles. The van der Waals surface area contributed by atoms with Gasteiger partial charge in [-0.05, 0) is 20.8 Å². The minimum Gasteiger partial charge on any atom is -0.462 e. The molecule has 1 amide bonds. The first-order chi connectivity index (χ1) is 7.93. The van der Waals surface area contributed by atoms with E-state index in [4.69, 9.17) is 10.5 Å². The number of carbonyl (C=O) groups is 2. The normalized spacial score (nSPS) is 11.2. The molecule has 0 aliphatic carbocycles. The highest BCUT2D eigenvalue weighted by Crippen LogP contribution is 2.10. The second-order valence-corrected chi connectivity index (χ2v) is 3.10. The topological polar surface area (TPSA) is 90.6 Å². The first-order valence-corrected chi connectivity index (χ1v) is 5.20. The Hall–Kier alpha value is -1.98. The first-order valence-electron chi connectivity index (χ1n) is 5.20. The van der Waals surface area contributed by atoms with E-state index in [1.54, 1.807) is 13.8 Å². The monoisotopic (exact) mass is 242 g/mol. The predicted molar refractivity (Wildman–Crippen MR) is 62.8 cm³/mol. The van der Waals surface area contributed by atoms with Crippen molar-refractivity contribution in [3.8, 4) is 0 Å². The van der Waals surface area contributed by atoms with E-state index < -0.39 is 12.1 Å². The van der Waals surface area contributed by atoms with Crippen molar-refractivity contribution in [1.82, 2.24) is 5.32 Å². The molecule has 0 saturated heterocycles. The van der Waals surface area contributed by atoms with Gasteiger partial charge in [-0.1, -0.05) is 6.58 Å². The van der Waals surface area contributed by atoms with E-state index in [-0.39, 0.29) is 30.2 Å². The predicted octanol–water partition coefficient (Wildman–Crippen LogP) is 1.04. The Morgan fingerprint density at radius 2 is 1.76 bits per heavy atom. The third kappa shape index (κ3) is 5.05. The molecule has 17 heavy (non-hydrogen) atoms. The van der Waals surface area contributed by atoms with Gasteiger partial charge in [-0.2, -0.15) is 0 Å². The maximum absolute atomic E-state index is 11.6. The van der Waals surface area contributed by atoms with Crippen LogP contribution in [0.4, 0.5) is 4.79 Å². The Morgan fingerprint density at radius 1 is 1.24 bits per heavy atom. The van der Waals surface area contributed by atoms with Crippen LogP contribution in [0.5, 0.6) is 0 Å². The fourth-order valence-electron chi connectivity index (χ4n) is 1.08. The highest BCUT2D eigenvalue weighted by Gasteiger charge is 2.18. The fraction of sp³-hybridized carbons (Fsp3) is 0.455. The van der Waals surface area contributed by atoms with E-state index in [1.807, 2.05) is 0 Å². The van der Waals surface area contributed by atoms with Gasteiger partial charge in [-0.15, -0.1) is 0 Å². The molecule has 0 aromatic carbocycles. The molecule has 0 bridgehead atoms. The molecule has 0 unspecified atom stereocenters. The average molecular weight is 242 g/mol. The van der Waals surface area contributed by atoms with E-state index >= 15 is 0 Å². The van der Waals surface area contributed by atoms with E-state index in [1.165, 1.54) is 6.92 Å². The molecule has 96 valence electrons. The summed E-state index contributed by atoms with van der Waals surface area (Å²) in [5, 5.41) is 2.31. The number of allylic oxidation sites excluding steroid dienone is 1. The molecule has 0 aromatic heterocycles. The lowest BCUT2D eigenvalue weighted by Gasteiger charge is -2.12. The van der Waals surface area contributed by atoms with Gasteiger partial charge in [-0.25, -0.2) is 9.59 Å².